The highest BCUT2D eigenvalue weighted by Gasteiger charge is 2.11. The second kappa shape index (κ2) is 9.77. The van der Waals surface area contributed by atoms with Crippen molar-refractivity contribution in [2.75, 3.05) is 6.61 Å². The minimum atomic E-state index is -0.115. The zero-order chi connectivity index (χ0) is 18.1. The number of carbonyl (C=O) groups is 2. The molecule has 0 aliphatic carbocycles. The number of ketones is 1. The molecule has 1 aromatic heterocycles. The summed E-state index contributed by atoms with van der Waals surface area (Å²) in [6.45, 7) is 5.51. The number of nitrogens with zero attached hydrogens (tertiary/aromatic N) is 2. The molecule has 0 amide bonds. The van der Waals surface area contributed by atoms with Crippen molar-refractivity contribution in [3.63, 3.8) is 0 Å². The van der Waals surface area contributed by atoms with Crippen molar-refractivity contribution in [1.29, 1.82) is 0 Å². The third kappa shape index (κ3) is 6.53. The van der Waals surface area contributed by atoms with Crippen LogP contribution < -0.4 is 4.57 Å². The highest BCUT2D eigenvalue weighted by molar-refractivity contribution is 5.95. The van der Waals surface area contributed by atoms with Gasteiger partial charge in [-0.2, -0.15) is 0 Å². The molecule has 0 aliphatic heterocycles. The maximum absolute atomic E-state index is 12.3. The fourth-order valence-electron chi connectivity index (χ4n) is 2.63. The normalized spacial score (nSPS) is 10.6. The van der Waals surface area contributed by atoms with E-state index in [-0.39, 0.29) is 11.8 Å². The summed E-state index contributed by atoms with van der Waals surface area (Å²) in [5.41, 5.74) is 1.89. The van der Waals surface area contributed by atoms with Gasteiger partial charge in [0.25, 0.3) is 0 Å². The number of aryl methyl sites for hydroxylation is 2. The molecule has 0 spiro atoms. The minimum Gasteiger partial charge on any atom is -0.466 e. The van der Waals surface area contributed by atoms with Crippen molar-refractivity contribution in [1.82, 2.24) is 4.57 Å². The van der Waals surface area contributed by atoms with Crippen LogP contribution in [0.2, 0.25) is 0 Å². The molecule has 0 unspecified atom stereocenters. The minimum absolute atomic E-state index is 0.109. The van der Waals surface area contributed by atoms with E-state index in [4.69, 9.17) is 4.74 Å². The Kier molecular flexibility index (Phi) is 7.38. The lowest BCUT2D eigenvalue weighted by Gasteiger charge is -2.01. The number of hydrogen-bond acceptors (Lipinski definition) is 3. The zero-order valence-electron chi connectivity index (χ0n) is 15.1. The molecule has 0 atom stereocenters. The average molecular weight is 343 g/mol. The lowest BCUT2D eigenvalue weighted by molar-refractivity contribution is -0.682. The molecular formula is C20H27N2O3+. The van der Waals surface area contributed by atoms with Gasteiger partial charge in [-0.05, 0) is 33.1 Å². The third-order valence-corrected chi connectivity index (χ3v) is 4.05. The highest BCUT2D eigenvalue weighted by atomic mass is 16.5. The fourth-order valence-corrected chi connectivity index (χ4v) is 2.63. The molecule has 25 heavy (non-hydrogen) atoms. The maximum atomic E-state index is 12.3. The largest absolute Gasteiger partial charge is 0.466 e. The van der Waals surface area contributed by atoms with Gasteiger partial charge in [0.2, 0.25) is 12.1 Å². The van der Waals surface area contributed by atoms with Crippen LogP contribution >= 0.6 is 0 Å². The monoisotopic (exact) mass is 343 g/mol. The molecule has 1 aromatic carbocycles. The first kappa shape index (κ1) is 18.9. The summed E-state index contributed by atoms with van der Waals surface area (Å²) < 4.78 is 8.89. The van der Waals surface area contributed by atoms with Crippen LogP contribution in [-0.2, 0) is 22.6 Å². The Morgan fingerprint density at radius 1 is 1.12 bits per heavy atom. The van der Waals surface area contributed by atoms with E-state index in [0.717, 1.165) is 36.9 Å². The van der Waals surface area contributed by atoms with Crippen molar-refractivity contribution in [3.8, 4) is 0 Å². The van der Waals surface area contributed by atoms with Gasteiger partial charge in [0.15, 0.2) is 6.54 Å². The first-order valence-corrected chi connectivity index (χ1v) is 8.89. The van der Waals surface area contributed by atoms with Crippen molar-refractivity contribution in [3.05, 3.63) is 54.1 Å². The quantitative estimate of drug-likeness (QED) is 0.288. The van der Waals surface area contributed by atoms with Gasteiger partial charge < -0.3 is 4.74 Å². The molecule has 134 valence electrons. The lowest BCUT2D eigenvalue weighted by atomic mass is 10.1. The zero-order valence-corrected chi connectivity index (χ0v) is 15.1. The van der Waals surface area contributed by atoms with Crippen LogP contribution in [0.5, 0.6) is 0 Å². The molecule has 1 heterocycles. The van der Waals surface area contributed by atoms with E-state index in [0.29, 0.717) is 19.6 Å². The Hall–Kier alpha value is -2.43. The summed E-state index contributed by atoms with van der Waals surface area (Å²) in [5, 5.41) is 0. The Morgan fingerprint density at radius 3 is 2.60 bits per heavy atom. The Bertz CT molecular complexity index is 689. The first-order chi connectivity index (χ1) is 12.1. The maximum Gasteiger partial charge on any atom is 0.305 e. The van der Waals surface area contributed by atoms with Crippen molar-refractivity contribution in [2.45, 2.75) is 52.6 Å². The number of unbranched alkanes of at least 4 members (excludes halogenated alkanes) is 2. The van der Waals surface area contributed by atoms with Gasteiger partial charge in [0, 0.05) is 12.0 Å². The van der Waals surface area contributed by atoms with Gasteiger partial charge in [-0.25, -0.2) is 9.13 Å². The van der Waals surface area contributed by atoms with E-state index in [1.54, 1.807) is 0 Å². The van der Waals surface area contributed by atoms with E-state index in [1.165, 1.54) is 0 Å². The molecule has 5 heteroatoms. The first-order valence-electron chi connectivity index (χ1n) is 8.89. The average Bonchev–Trinajstić information content (AvgIpc) is 3.02. The fraction of sp³-hybridized carbons (Fsp3) is 0.450. The van der Waals surface area contributed by atoms with Crippen LogP contribution in [0.15, 0.2) is 43.0 Å². The van der Waals surface area contributed by atoms with E-state index >= 15 is 0 Å². The molecule has 0 radical (unpaired) electrons. The van der Waals surface area contributed by atoms with E-state index < -0.39 is 0 Å². The van der Waals surface area contributed by atoms with Crippen LogP contribution in [0.25, 0.3) is 0 Å². The molecule has 0 aliphatic rings. The summed E-state index contributed by atoms with van der Waals surface area (Å²) in [6.07, 6.45) is 9.19. The van der Waals surface area contributed by atoms with Gasteiger partial charge >= 0.3 is 5.97 Å². The number of rotatable bonds is 10. The van der Waals surface area contributed by atoms with Gasteiger partial charge in [-0.1, -0.05) is 29.8 Å². The predicted octanol–water partition coefficient (Wildman–Crippen LogP) is 3.09. The molecule has 2 aromatic rings. The molecule has 0 saturated carbocycles. The Labute approximate surface area is 149 Å². The van der Waals surface area contributed by atoms with E-state index in [2.05, 4.69) is 4.57 Å². The van der Waals surface area contributed by atoms with Gasteiger partial charge in [-0.3, -0.25) is 9.59 Å². The molecule has 2 rings (SSSR count). The van der Waals surface area contributed by atoms with Crippen LogP contribution in [0.4, 0.5) is 0 Å². The Morgan fingerprint density at radius 2 is 1.88 bits per heavy atom. The van der Waals surface area contributed by atoms with E-state index in [1.807, 2.05) is 61.4 Å². The number of imidazole rings is 1. The van der Waals surface area contributed by atoms with Crippen LogP contribution in [-0.4, -0.2) is 22.9 Å². The third-order valence-electron chi connectivity index (χ3n) is 4.05. The molecular weight excluding hydrogens is 316 g/mol. The number of carbonyl (C=O) groups excluding carboxylic acids is 2. The summed E-state index contributed by atoms with van der Waals surface area (Å²) in [7, 11) is 0. The number of benzene rings is 1. The van der Waals surface area contributed by atoms with Crippen molar-refractivity contribution in [2.24, 2.45) is 0 Å². The highest BCUT2D eigenvalue weighted by Crippen LogP contribution is 2.05. The Balaban J connectivity index is 1.72. The second-order valence-corrected chi connectivity index (χ2v) is 6.23. The second-order valence-electron chi connectivity index (χ2n) is 6.23. The van der Waals surface area contributed by atoms with Gasteiger partial charge in [0.1, 0.15) is 12.4 Å². The van der Waals surface area contributed by atoms with E-state index in [9.17, 15) is 9.59 Å². The number of aromatic nitrogens is 2. The van der Waals surface area contributed by atoms with Crippen LogP contribution in [0.3, 0.4) is 0 Å². The van der Waals surface area contributed by atoms with Crippen molar-refractivity contribution >= 4 is 11.8 Å². The summed E-state index contributed by atoms with van der Waals surface area (Å²) in [5.74, 6) is -0.00638. The van der Waals surface area contributed by atoms with Gasteiger partial charge in [0.05, 0.1) is 13.2 Å². The predicted molar refractivity (Wildman–Crippen MR) is 95.2 cm³/mol. The topological polar surface area (TPSA) is 52.2 Å². The molecule has 5 nitrogen and oxygen atoms in total. The molecule has 0 N–H and O–H groups in total. The SMILES string of the molecule is CCOC(=O)CCCCCn1cc[n+](CC(=O)c2ccc(C)cc2)c1. The standard InChI is InChI=1S/C20H27N2O3/c1-3-25-20(24)7-5-4-6-12-21-13-14-22(16-21)15-19(23)18-10-8-17(2)9-11-18/h8-11,13-14,16H,3-7,12,15H2,1-2H3/q+1. The summed E-state index contributed by atoms with van der Waals surface area (Å²) in [4.78, 5) is 23.5. The lowest BCUT2D eigenvalue weighted by Crippen LogP contribution is -2.35. The summed E-state index contributed by atoms with van der Waals surface area (Å²) >= 11 is 0. The molecule has 0 fully saturated rings. The number of ether oxygens (including phenoxy) is 1. The van der Waals surface area contributed by atoms with Gasteiger partial charge in [-0.15, -0.1) is 0 Å². The summed E-state index contributed by atoms with van der Waals surface area (Å²) in [6, 6.07) is 7.66. The number of hydrogen-bond donors (Lipinski definition) is 0. The molecule has 0 bridgehead atoms. The van der Waals surface area contributed by atoms with Crippen LogP contribution in [0, 0.1) is 6.92 Å². The number of esters is 1. The smallest absolute Gasteiger partial charge is 0.305 e. The molecule has 0 saturated heterocycles. The van der Waals surface area contributed by atoms with Crippen LogP contribution in [0.1, 0.15) is 48.5 Å². The number of Topliss-reactive ketones (excluding diaryl/α,β-unsaturated/α-hetero) is 1. The van der Waals surface area contributed by atoms with Crippen molar-refractivity contribution < 1.29 is 18.9 Å².